The van der Waals surface area contributed by atoms with E-state index >= 15 is 0 Å². The highest BCUT2D eigenvalue weighted by Gasteiger charge is 2.19. The monoisotopic (exact) mass is 533 g/mol. The Labute approximate surface area is 227 Å². The first-order valence-corrected chi connectivity index (χ1v) is 12.9. The topological polar surface area (TPSA) is 94.9 Å². The molecule has 0 fully saturated rings. The number of aromatic nitrogens is 1. The summed E-state index contributed by atoms with van der Waals surface area (Å²) in [6.07, 6.45) is 0. The number of oxazole rings is 1. The van der Waals surface area contributed by atoms with Gasteiger partial charge in [0.05, 0.1) is 19.8 Å². The molecule has 0 saturated carbocycles. The van der Waals surface area contributed by atoms with Crippen LogP contribution in [0.25, 0.3) is 22.6 Å². The maximum absolute atomic E-state index is 13.1. The third-order valence-electron chi connectivity index (χ3n) is 5.67. The Balaban J connectivity index is 1.54. The molecule has 3 aromatic carbocycles. The molecule has 0 radical (unpaired) electrons. The van der Waals surface area contributed by atoms with E-state index in [0.717, 1.165) is 33.5 Å². The van der Waals surface area contributed by atoms with Gasteiger partial charge in [0, 0.05) is 16.8 Å². The van der Waals surface area contributed by atoms with Crippen molar-refractivity contribution in [2.75, 3.05) is 25.1 Å². The van der Waals surface area contributed by atoms with Crippen LogP contribution in [-0.2, 0) is 0 Å². The zero-order valence-electron chi connectivity index (χ0n) is 22.1. The molecule has 0 unspecified atom stereocenters. The lowest BCUT2D eigenvalue weighted by Gasteiger charge is -2.17. The van der Waals surface area contributed by atoms with Crippen molar-refractivity contribution in [2.24, 2.45) is 0 Å². The van der Waals surface area contributed by atoms with Crippen molar-refractivity contribution >= 4 is 40.0 Å². The number of benzene rings is 3. The van der Waals surface area contributed by atoms with Crippen molar-refractivity contribution in [2.45, 2.75) is 34.6 Å². The molecule has 0 spiro atoms. The van der Waals surface area contributed by atoms with Crippen LogP contribution in [0.4, 0.5) is 5.69 Å². The summed E-state index contributed by atoms with van der Waals surface area (Å²) in [5.74, 6) is 1.43. The van der Waals surface area contributed by atoms with E-state index in [-0.39, 0.29) is 5.11 Å². The number of ether oxygens (including phenoxy) is 3. The van der Waals surface area contributed by atoms with Gasteiger partial charge in [0.15, 0.2) is 22.2 Å². The van der Waals surface area contributed by atoms with Crippen LogP contribution in [0.3, 0.4) is 0 Å². The summed E-state index contributed by atoms with van der Waals surface area (Å²) in [5, 5.41) is 6.00. The van der Waals surface area contributed by atoms with Crippen molar-refractivity contribution in [3.63, 3.8) is 0 Å². The molecule has 0 bridgehead atoms. The van der Waals surface area contributed by atoms with Crippen LogP contribution in [0.1, 0.15) is 42.3 Å². The van der Waals surface area contributed by atoms with Crippen LogP contribution >= 0.6 is 12.2 Å². The molecule has 2 N–H and O–H groups in total. The molecule has 38 heavy (non-hydrogen) atoms. The Morgan fingerprint density at radius 3 is 2.26 bits per heavy atom. The third kappa shape index (κ3) is 6.06. The molecule has 9 heteroatoms. The Bertz CT molecular complexity index is 1450. The van der Waals surface area contributed by atoms with E-state index in [1.54, 1.807) is 12.1 Å². The highest BCUT2D eigenvalue weighted by atomic mass is 32.1. The lowest BCUT2D eigenvalue weighted by molar-refractivity contribution is 0.0976. The van der Waals surface area contributed by atoms with E-state index < -0.39 is 5.91 Å². The fourth-order valence-corrected chi connectivity index (χ4v) is 4.10. The molecule has 1 amide bonds. The molecule has 0 atom stereocenters. The smallest absolute Gasteiger partial charge is 0.257 e. The molecule has 0 aliphatic rings. The standard InChI is InChI=1S/C29H31N3O5S/c1-6-34-24-15-20(16-25(35-7-2)26(24)36-8-3)27(33)32-29(38)31-21-14-19(11-10-18(21)5)28-30-22-13-17(4)9-12-23(22)37-28/h9-16H,6-8H2,1-5H3,(H2,31,32,33,38). The average Bonchev–Trinajstić information content (AvgIpc) is 3.30. The number of fused-ring (bicyclic) bond motifs is 1. The fourth-order valence-electron chi connectivity index (χ4n) is 3.90. The minimum atomic E-state index is -0.407. The number of nitrogens with one attached hydrogen (secondary N) is 2. The van der Waals surface area contributed by atoms with Gasteiger partial charge in [-0.3, -0.25) is 10.1 Å². The maximum atomic E-state index is 13.1. The van der Waals surface area contributed by atoms with Gasteiger partial charge in [-0.15, -0.1) is 0 Å². The molecule has 4 aromatic rings. The second-order valence-electron chi connectivity index (χ2n) is 8.53. The number of carbonyl (C=O) groups excluding carboxylic acids is 1. The van der Waals surface area contributed by atoms with Crippen molar-refractivity contribution < 1.29 is 23.4 Å². The van der Waals surface area contributed by atoms with Crippen LogP contribution in [0.5, 0.6) is 17.2 Å². The first-order valence-electron chi connectivity index (χ1n) is 12.5. The molecule has 4 rings (SSSR count). The van der Waals surface area contributed by atoms with Crippen molar-refractivity contribution in [3.8, 4) is 28.7 Å². The molecule has 0 aliphatic carbocycles. The lowest BCUT2D eigenvalue weighted by atomic mass is 10.1. The summed E-state index contributed by atoms with van der Waals surface area (Å²) in [6.45, 7) is 10.8. The van der Waals surface area contributed by atoms with Gasteiger partial charge in [0.1, 0.15) is 5.52 Å². The van der Waals surface area contributed by atoms with E-state index in [2.05, 4.69) is 15.6 Å². The van der Waals surface area contributed by atoms with Gasteiger partial charge in [0.2, 0.25) is 11.6 Å². The van der Waals surface area contributed by atoms with Gasteiger partial charge in [0.25, 0.3) is 5.91 Å². The molecule has 1 heterocycles. The van der Waals surface area contributed by atoms with Gasteiger partial charge in [-0.1, -0.05) is 12.1 Å². The maximum Gasteiger partial charge on any atom is 0.257 e. The van der Waals surface area contributed by atoms with E-state index in [1.807, 2.05) is 71.0 Å². The Morgan fingerprint density at radius 2 is 1.61 bits per heavy atom. The second kappa shape index (κ2) is 12.0. The van der Waals surface area contributed by atoms with Crippen LogP contribution in [0.15, 0.2) is 52.9 Å². The van der Waals surface area contributed by atoms with Crippen LogP contribution in [0.2, 0.25) is 0 Å². The van der Waals surface area contributed by atoms with Gasteiger partial charge < -0.3 is 23.9 Å². The molecule has 198 valence electrons. The Kier molecular flexibility index (Phi) is 8.48. The second-order valence-corrected chi connectivity index (χ2v) is 8.94. The lowest BCUT2D eigenvalue weighted by Crippen LogP contribution is -2.34. The largest absolute Gasteiger partial charge is 0.490 e. The molecule has 1 aromatic heterocycles. The van der Waals surface area contributed by atoms with Crippen molar-refractivity contribution in [3.05, 3.63) is 65.2 Å². The summed E-state index contributed by atoms with van der Waals surface area (Å²) >= 11 is 5.46. The predicted octanol–water partition coefficient (Wildman–Crippen LogP) is 6.43. The highest BCUT2D eigenvalue weighted by molar-refractivity contribution is 7.80. The number of thiocarbonyl (C=S) groups is 1. The summed E-state index contributed by atoms with van der Waals surface area (Å²) < 4.78 is 23.1. The quantitative estimate of drug-likeness (QED) is 0.238. The van der Waals surface area contributed by atoms with Crippen molar-refractivity contribution in [1.29, 1.82) is 0 Å². The number of rotatable bonds is 9. The average molecular weight is 534 g/mol. The first kappa shape index (κ1) is 26.9. The van der Waals surface area contributed by atoms with Crippen molar-refractivity contribution in [1.82, 2.24) is 10.3 Å². The van der Waals surface area contributed by atoms with Gasteiger partial charge in [-0.05, 0) is 94.4 Å². The number of hydrogen-bond donors (Lipinski definition) is 2. The minimum absolute atomic E-state index is 0.147. The zero-order valence-corrected chi connectivity index (χ0v) is 23.0. The van der Waals surface area contributed by atoms with Gasteiger partial charge in [-0.2, -0.15) is 0 Å². The predicted molar refractivity (Wildman–Crippen MR) is 153 cm³/mol. The molecule has 0 aliphatic heterocycles. The summed E-state index contributed by atoms with van der Waals surface area (Å²) in [5.41, 5.74) is 5.41. The highest BCUT2D eigenvalue weighted by Crippen LogP contribution is 2.39. The number of hydrogen-bond acceptors (Lipinski definition) is 7. The van der Waals surface area contributed by atoms with Crippen LogP contribution < -0.4 is 24.8 Å². The SMILES string of the molecule is CCOc1cc(C(=O)NC(=S)Nc2cc(-c3nc4cc(C)ccc4o3)ccc2C)cc(OCC)c1OCC. The third-order valence-corrected chi connectivity index (χ3v) is 5.88. The number of amides is 1. The molecular weight excluding hydrogens is 502 g/mol. The summed E-state index contributed by atoms with van der Waals surface area (Å²) in [4.78, 5) is 17.7. The minimum Gasteiger partial charge on any atom is -0.490 e. The van der Waals surface area contributed by atoms with E-state index in [0.29, 0.717) is 48.5 Å². The first-order chi connectivity index (χ1) is 18.3. The summed E-state index contributed by atoms with van der Waals surface area (Å²) in [7, 11) is 0. The van der Waals surface area contributed by atoms with Crippen LogP contribution in [-0.4, -0.2) is 35.8 Å². The number of carbonyl (C=O) groups is 1. The molecule has 8 nitrogen and oxygen atoms in total. The van der Waals surface area contributed by atoms with Crippen LogP contribution in [0, 0.1) is 13.8 Å². The number of anilines is 1. The van der Waals surface area contributed by atoms with E-state index in [9.17, 15) is 4.79 Å². The molecular formula is C29H31N3O5S. The number of aryl methyl sites for hydroxylation is 2. The fraction of sp³-hybridized carbons (Fsp3) is 0.276. The normalized spacial score (nSPS) is 10.8. The van der Waals surface area contributed by atoms with E-state index in [4.69, 9.17) is 30.8 Å². The summed E-state index contributed by atoms with van der Waals surface area (Å²) in [6, 6.07) is 14.9. The Hall–Kier alpha value is -4.11. The van der Waals surface area contributed by atoms with Gasteiger partial charge >= 0.3 is 0 Å². The molecule has 0 saturated heterocycles. The Morgan fingerprint density at radius 1 is 0.921 bits per heavy atom. The van der Waals surface area contributed by atoms with E-state index in [1.165, 1.54) is 0 Å². The van der Waals surface area contributed by atoms with Gasteiger partial charge in [-0.25, -0.2) is 4.98 Å². The zero-order chi connectivity index (χ0) is 27.2. The number of nitrogens with zero attached hydrogens (tertiary/aromatic N) is 1.